The summed E-state index contributed by atoms with van der Waals surface area (Å²) in [4.78, 5) is 14.0. The van der Waals surface area contributed by atoms with Gasteiger partial charge in [0.15, 0.2) is 0 Å². The van der Waals surface area contributed by atoms with E-state index < -0.39 is 5.60 Å². The van der Waals surface area contributed by atoms with Gasteiger partial charge in [0.1, 0.15) is 5.60 Å². The van der Waals surface area contributed by atoms with Crippen LogP contribution in [0.25, 0.3) is 0 Å². The fraction of sp³-hybridized carbons (Fsp3) is 0.941. The molecule has 0 aromatic heterocycles. The smallest absolute Gasteiger partial charge is 0.410 e. The normalized spacial score (nSPS) is 21.7. The van der Waals surface area contributed by atoms with Crippen molar-refractivity contribution in [3.05, 3.63) is 0 Å². The van der Waals surface area contributed by atoms with E-state index in [-0.39, 0.29) is 17.7 Å². The number of carbonyl (C=O) groups is 1. The minimum Gasteiger partial charge on any atom is -0.444 e. The molecule has 0 spiro atoms. The van der Waals surface area contributed by atoms with Crippen LogP contribution in [0.5, 0.6) is 0 Å². The Morgan fingerprint density at radius 1 is 1.41 bits per heavy atom. The summed E-state index contributed by atoms with van der Waals surface area (Å²) in [7, 11) is 0. The van der Waals surface area contributed by atoms with E-state index in [9.17, 15) is 4.79 Å². The summed E-state index contributed by atoms with van der Waals surface area (Å²) in [5.74, 6) is 0. The van der Waals surface area contributed by atoms with E-state index in [1.54, 1.807) is 4.90 Å². The largest absolute Gasteiger partial charge is 0.444 e. The predicted octanol–water partition coefficient (Wildman–Crippen LogP) is 3.18. The lowest BCUT2D eigenvalue weighted by atomic mass is 9.94. The second-order valence-corrected chi connectivity index (χ2v) is 8.02. The Kier molecular flexibility index (Phi) is 6.68. The maximum Gasteiger partial charge on any atom is 0.410 e. The lowest BCUT2D eigenvalue weighted by Crippen LogP contribution is -2.48. The molecule has 1 saturated heterocycles. The lowest BCUT2D eigenvalue weighted by molar-refractivity contribution is -0.0631. The fourth-order valence-electron chi connectivity index (χ4n) is 2.68. The Labute approximate surface area is 135 Å². The Morgan fingerprint density at radius 3 is 2.55 bits per heavy atom. The minimum absolute atomic E-state index is 0.0567. The minimum atomic E-state index is -0.456. The van der Waals surface area contributed by atoms with E-state index in [4.69, 9.17) is 9.47 Å². The number of hydrogen-bond donors (Lipinski definition) is 1. The van der Waals surface area contributed by atoms with Gasteiger partial charge in [0.05, 0.1) is 5.60 Å². The highest BCUT2D eigenvalue weighted by molar-refractivity contribution is 5.68. The van der Waals surface area contributed by atoms with Crippen LogP contribution in [0.15, 0.2) is 0 Å². The molecular weight excluding hydrogens is 280 g/mol. The summed E-state index contributed by atoms with van der Waals surface area (Å²) in [6.45, 7) is 16.2. The molecule has 0 aliphatic carbocycles. The van der Waals surface area contributed by atoms with Crippen LogP contribution in [0.4, 0.5) is 4.79 Å². The van der Waals surface area contributed by atoms with Crippen LogP contribution < -0.4 is 5.32 Å². The van der Waals surface area contributed by atoms with Gasteiger partial charge in [-0.25, -0.2) is 4.79 Å². The van der Waals surface area contributed by atoms with E-state index >= 15 is 0 Å². The SMILES string of the molecule is CC(C)N(CCNC1CCOC(C)(C)C1)C(=O)OC(C)(C)C. The molecule has 22 heavy (non-hydrogen) atoms. The fourth-order valence-corrected chi connectivity index (χ4v) is 2.68. The third-order valence-corrected chi connectivity index (χ3v) is 3.73. The van der Waals surface area contributed by atoms with Gasteiger partial charge in [0, 0.05) is 31.8 Å². The van der Waals surface area contributed by atoms with Crippen molar-refractivity contribution in [1.29, 1.82) is 0 Å². The lowest BCUT2D eigenvalue weighted by Gasteiger charge is -2.36. The topological polar surface area (TPSA) is 50.8 Å². The molecule has 1 fully saturated rings. The molecule has 5 heteroatoms. The Balaban J connectivity index is 2.43. The first kappa shape index (κ1) is 19.2. The maximum absolute atomic E-state index is 12.2. The first-order valence-corrected chi connectivity index (χ1v) is 8.37. The van der Waals surface area contributed by atoms with E-state index in [2.05, 4.69) is 19.2 Å². The van der Waals surface area contributed by atoms with Gasteiger partial charge < -0.3 is 19.7 Å². The van der Waals surface area contributed by atoms with E-state index in [0.29, 0.717) is 12.6 Å². The first-order valence-electron chi connectivity index (χ1n) is 8.37. The summed E-state index contributed by atoms with van der Waals surface area (Å²) in [5.41, 5.74) is -0.513. The van der Waals surface area contributed by atoms with Crippen LogP contribution >= 0.6 is 0 Å². The van der Waals surface area contributed by atoms with E-state index in [0.717, 1.165) is 26.0 Å². The molecule has 0 bridgehead atoms. The van der Waals surface area contributed by atoms with Crippen LogP contribution in [0, 0.1) is 0 Å². The molecule has 1 rings (SSSR count). The summed E-state index contributed by atoms with van der Waals surface area (Å²) in [5, 5.41) is 3.55. The predicted molar refractivity (Wildman–Crippen MR) is 89.1 cm³/mol. The Hall–Kier alpha value is -0.810. The second kappa shape index (κ2) is 7.64. The van der Waals surface area contributed by atoms with Crippen LogP contribution in [-0.4, -0.2) is 54.0 Å². The van der Waals surface area contributed by atoms with Crippen molar-refractivity contribution < 1.29 is 14.3 Å². The van der Waals surface area contributed by atoms with E-state index in [1.807, 2.05) is 34.6 Å². The monoisotopic (exact) mass is 314 g/mol. The zero-order valence-electron chi connectivity index (χ0n) is 15.4. The first-order chi connectivity index (χ1) is 10.0. The molecule has 130 valence electrons. The van der Waals surface area contributed by atoms with Crippen molar-refractivity contribution in [2.24, 2.45) is 0 Å². The Bertz CT molecular complexity index is 361. The number of nitrogens with one attached hydrogen (secondary N) is 1. The number of ether oxygens (including phenoxy) is 2. The molecule has 1 amide bonds. The van der Waals surface area contributed by atoms with Gasteiger partial charge >= 0.3 is 6.09 Å². The van der Waals surface area contributed by atoms with E-state index in [1.165, 1.54) is 0 Å². The van der Waals surface area contributed by atoms with Crippen molar-refractivity contribution in [2.45, 2.75) is 84.6 Å². The van der Waals surface area contributed by atoms with Gasteiger partial charge in [-0.2, -0.15) is 0 Å². The number of rotatable bonds is 5. The third kappa shape index (κ3) is 6.97. The quantitative estimate of drug-likeness (QED) is 0.847. The van der Waals surface area contributed by atoms with Crippen molar-refractivity contribution >= 4 is 6.09 Å². The molecule has 1 atom stereocenters. The molecule has 0 radical (unpaired) electrons. The molecule has 1 aliphatic rings. The van der Waals surface area contributed by atoms with Crippen LogP contribution in [0.3, 0.4) is 0 Å². The molecule has 1 N–H and O–H groups in total. The zero-order valence-corrected chi connectivity index (χ0v) is 15.4. The average molecular weight is 314 g/mol. The van der Waals surface area contributed by atoms with Crippen molar-refractivity contribution in [3.63, 3.8) is 0 Å². The van der Waals surface area contributed by atoms with Gasteiger partial charge in [-0.15, -0.1) is 0 Å². The molecule has 0 saturated carbocycles. The summed E-state index contributed by atoms with van der Waals surface area (Å²) in [6, 6.07) is 0.583. The standard InChI is InChI=1S/C17H34N2O3/c1-13(2)19(15(20)22-16(3,4)5)10-9-18-14-8-11-21-17(6,7)12-14/h13-14,18H,8-12H2,1-7H3. The number of hydrogen-bond acceptors (Lipinski definition) is 4. The van der Waals surface area contributed by atoms with Crippen molar-refractivity contribution in [3.8, 4) is 0 Å². The van der Waals surface area contributed by atoms with Gasteiger partial charge in [-0.1, -0.05) is 0 Å². The average Bonchev–Trinajstić information content (AvgIpc) is 2.30. The van der Waals surface area contributed by atoms with Crippen LogP contribution in [-0.2, 0) is 9.47 Å². The summed E-state index contributed by atoms with van der Waals surface area (Å²) >= 11 is 0. The highest BCUT2D eigenvalue weighted by Gasteiger charge is 2.29. The Morgan fingerprint density at radius 2 is 2.05 bits per heavy atom. The number of nitrogens with zero attached hydrogens (tertiary/aromatic N) is 1. The second-order valence-electron chi connectivity index (χ2n) is 8.02. The van der Waals surface area contributed by atoms with Gasteiger partial charge in [-0.3, -0.25) is 0 Å². The molecule has 1 aliphatic heterocycles. The number of carbonyl (C=O) groups excluding carboxylic acids is 1. The van der Waals surface area contributed by atoms with Gasteiger partial charge in [-0.05, 0) is 61.3 Å². The highest BCUT2D eigenvalue weighted by atomic mass is 16.6. The molecule has 0 aromatic carbocycles. The van der Waals surface area contributed by atoms with Crippen LogP contribution in [0.2, 0.25) is 0 Å². The molecule has 1 unspecified atom stereocenters. The molecule has 1 heterocycles. The third-order valence-electron chi connectivity index (χ3n) is 3.73. The van der Waals surface area contributed by atoms with Gasteiger partial charge in [0.2, 0.25) is 0 Å². The van der Waals surface area contributed by atoms with Crippen LogP contribution in [0.1, 0.15) is 61.3 Å². The highest BCUT2D eigenvalue weighted by Crippen LogP contribution is 2.23. The molecule has 0 aromatic rings. The van der Waals surface area contributed by atoms with Crippen molar-refractivity contribution in [1.82, 2.24) is 10.2 Å². The summed E-state index contributed by atoms with van der Waals surface area (Å²) in [6.07, 6.45) is 1.79. The zero-order chi connectivity index (χ0) is 17.0. The maximum atomic E-state index is 12.2. The molecular formula is C17H34N2O3. The van der Waals surface area contributed by atoms with Crippen molar-refractivity contribution in [2.75, 3.05) is 19.7 Å². The summed E-state index contributed by atoms with van der Waals surface area (Å²) < 4.78 is 11.2. The molecule has 5 nitrogen and oxygen atoms in total. The van der Waals surface area contributed by atoms with Gasteiger partial charge in [0.25, 0.3) is 0 Å². The number of amides is 1.